The van der Waals surface area contributed by atoms with Crippen LogP contribution in [-0.2, 0) is 11.3 Å². The Labute approximate surface area is 159 Å². The van der Waals surface area contributed by atoms with Gasteiger partial charge < -0.3 is 20.4 Å². The van der Waals surface area contributed by atoms with Crippen LogP contribution in [0.15, 0.2) is 42.6 Å². The molecule has 1 saturated heterocycles. The predicted octanol–water partition coefficient (Wildman–Crippen LogP) is 1.53. The van der Waals surface area contributed by atoms with E-state index >= 15 is 0 Å². The molecule has 0 aliphatic carbocycles. The van der Waals surface area contributed by atoms with E-state index in [2.05, 4.69) is 20.5 Å². The summed E-state index contributed by atoms with van der Waals surface area (Å²) in [5.41, 5.74) is 1.62. The number of H-pyrrole nitrogens is 1. The number of aromatic nitrogens is 1. The van der Waals surface area contributed by atoms with Crippen molar-refractivity contribution in [3.05, 3.63) is 53.9 Å². The zero-order chi connectivity index (χ0) is 19.2. The Morgan fingerprint density at radius 2 is 2.04 bits per heavy atom. The van der Waals surface area contributed by atoms with Gasteiger partial charge in [-0.1, -0.05) is 12.1 Å². The highest BCUT2D eigenvalue weighted by molar-refractivity contribution is 5.92. The molecule has 0 saturated carbocycles. The Kier molecular flexibility index (Phi) is 6.13. The van der Waals surface area contributed by atoms with Crippen molar-refractivity contribution < 1.29 is 14.3 Å². The molecule has 0 radical (unpaired) electrons. The fourth-order valence-corrected chi connectivity index (χ4v) is 3.45. The largest absolute Gasteiger partial charge is 0.497 e. The number of likely N-dealkylation sites (tertiary alicyclic amines) is 1. The van der Waals surface area contributed by atoms with E-state index in [1.54, 1.807) is 25.4 Å². The number of amides is 2. The minimum Gasteiger partial charge on any atom is -0.497 e. The van der Waals surface area contributed by atoms with Gasteiger partial charge in [0.15, 0.2) is 0 Å². The van der Waals surface area contributed by atoms with E-state index in [1.807, 2.05) is 31.2 Å². The number of carbonyl (C=O) groups is 2. The summed E-state index contributed by atoms with van der Waals surface area (Å²) in [5, 5.41) is 5.93. The maximum absolute atomic E-state index is 12.5. The lowest BCUT2D eigenvalue weighted by Crippen LogP contribution is -2.42. The molecule has 7 heteroatoms. The number of aromatic amines is 1. The summed E-state index contributed by atoms with van der Waals surface area (Å²) in [6, 6.07) is 11.0. The number of nitrogens with one attached hydrogen (secondary N) is 3. The highest BCUT2D eigenvalue weighted by Crippen LogP contribution is 2.22. The molecule has 1 aromatic heterocycles. The van der Waals surface area contributed by atoms with Crippen LogP contribution in [0.25, 0.3) is 0 Å². The van der Waals surface area contributed by atoms with Gasteiger partial charge in [0.2, 0.25) is 5.91 Å². The van der Waals surface area contributed by atoms with Gasteiger partial charge in [0.05, 0.1) is 13.2 Å². The number of carbonyl (C=O) groups excluding carboxylic acids is 2. The molecular formula is C20H26N4O3. The average Bonchev–Trinajstić information content (AvgIpc) is 3.33. The fraction of sp³-hybridized carbons (Fsp3) is 0.400. The molecule has 2 atom stereocenters. The van der Waals surface area contributed by atoms with E-state index in [0.29, 0.717) is 31.7 Å². The van der Waals surface area contributed by atoms with Gasteiger partial charge in [-0.2, -0.15) is 0 Å². The van der Waals surface area contributed by atoms with Crippen molar-refractivity contribution in [2.75, 3.05) is 20.2 Å². The molecule has 2 amide bonds. The molecule has 0 spiro atoms. The second kappa shape index (κ2) is 8.73. The Morgan fingerprint density at radius 3 is 2.67 bits per heavy atom. The number of methoxy groups -OCH3 is 1. The third kappa shape index (κ3) is 4.68. The molecule has 1 aromatic carbocycles. The van der Waals surface area contributed by atoms with Gasteiger partial charge in [0.1, 0.15) is 11.4 Å². The summed E-state index contributed by atoms with van der Waals surface area (Å²) in [5.74, 6) is 0.658. The third-order valence-electron chi connectivity index (χ3n) is 4.78. The maximum atomic E-state index is 12.5. The average molecular weight is 370 g/mol. The lowest BCUT2D eigenvalue weighted by molar-refractivity contribution is -0.125. The Morgan fingerprint density at radius 1 is 1.26 bits per heavy atom. The Balaban J connectivity index is 1.68. The molecule has 0 bridgehead atoms. The molecule has 1 aliphatic heterocycles. The van der Waals surface area contributed by atoms with Crippen LogP contribution in [0, 0.1) is 0 Å². The Hall–Kier alpha value is -2.80. The number of hydrogen-bond donors (Lipinski definition) is 3. The lowest BCUT2D eigenvalue weighted by Gasteiger charge is -2.23. The number of benzene rings is 1. The second-order valence-electron chi connectivity index (χ2n) is 6.68. The molecular weight excluding hydrogens is 344 g/mol. The molecule has 0 unspecified atom stereocenters. The van der Waals surface area contributed by atoms with Crippen molar-refractivity contribution in [3.8, 4) is 5.75 Å². The highest BCUT2D eigenvalue weighted by Gasteiger charge is 2.37. The molecule has 2 heterocycles. The molecule has 144 valence electrons. The summed E-state index contributed by atoms with van der Waals surface area (Å²) >= 11 is 0. The number of ether oxygens (including phenoxy) is 1. The van der Waals surface area contributed by atoms with Crippen molar-refractivity contribution in [3.63, 3.8) is 0 Å². The smallest absolute Gasteiger partial charge is 0.267 e. The van der Waals surface area contributed by atoms with Gasteiger partial charge in [-0.25, -0.2) is 0 Å². The van der Waals surface area contributed by atoms with Crippen molar-refractivity contribution >= 4 is 11.8 Å². The first-order chi connectivity index (χ1) is 13.1. The standard InChI is InChI=1S/C20H26N4O3/c1-3-21-20(26)18-11-15(23-19(25)17-5-4-10-22-17)13-24(18)12-14-6-8-16(27-2)9-7-14/h4-10,15,18,22H,3,11-13H2,1-2H3,(H,21,26)(H,23,25)/t15-,18-/m0/s1. The normalized spacial score (nSPS) is 19.6. The SMILES string of the molecule is CCNC(=O)[C@@H]1C[C@H](NC(=O)c2ccc[nH]2)CN1Cc1ccc(OC)cc1. The van der Waals surface area contributed by atoms with Crippen LogP contribution in [0.2, 0.25) is 0 Å². The summed E-state index contributed by atoms with van der Waals surface area (Å²) in [7, 11) is 1.64. The first-order valence-corrected chi connectivity index (χ1v) is 9.19. The van der Waals surface area contributed by atoms with E-state index in [4.69, 9.17) is 4.74 Å². The molecule has 3 rings (SSSR count). The van der Waals surface area contributed by atoms with Crippen LogP contribution < -0.4 is 15.4 Å². The lowest BCUT2D eigenvalue weighted by atomic mass is 10.1. The molecule has 7 nitrogen and oxygen atoms in total. The van der Waals surface area contributed by atoms with Crippen molar-refractivity contribution in [1.29, 1.82) is 0 Å². The minimum atomic E-state index is -0.263. The van der Waals surface area contributed by atoms with Crippen LogP contribution >= 0.6 is 0 Å². The minimum absolute atomic E-state index is 0.00244. The van der Waals surface area contributed by atoms with Crippen molar-refractivity contribution in [2.24, 2.45) is 0 Å². The summed E-state index contributed by atoms with van der Waals surface area (Å²) in [4.78, 5) is 29.9. The van der Waals surface area contributed by atoms with Crippen LogP contribution in [0.5, 0.6) is 5.75 Å². The van der Waals surface area contributed by atoms with Crippen molar-refractivity contribution in [1.82, 2.24) is 20.5 Å². The first kappa shape index (κ1) is 19.0. The Bertz CT molecular complexity index is 758. The number of hydrogen-bond acceptors (Lipinski definition) is 4. The van der Waals surface area contributed by atoms with Gasteiger partial charge in [-0.05, 0) is 43.2 Å². The van der Waals surface area contributed by atoms with Gasteiger partial charge in [0, 0.05) is 31.9 Å². The zero-order valence-electron chi connectivity index (χ0n) is 15.7. The van der Waals surface area contributed by atoms with Gasteiger partial charge in [-0.15, -0.1) is 0 Å². The molecule has 2 aromatic rings. The summed E-state index contributed by atoms with van der Waals surface area (Å²) in [6.07, 6.45) is 2.31. The van der Waals surface area contributed by atoms with Crippen LogP contribution in [-0.4, -0.2) is 54.0 Å². The number of rotatable bonds is 7. The van der Waals surface area contributed by atoms with E-state index in [1.165, 1.54) is 0 Å². The topological polar surface area (TPSA) is 86.5 Å². The van der Waals surface area contributed by atoms with Gasteiger partial charge >= 0.3 is 0 Å². The van der Waals surface area contributed by atoms with Crippen LogP contribution in [0.3, 0.4) is 0 Å². The van der Waals surface area contributed by atoms with Crippen molar-refractivity contribution in [2.45, 2.75) is 32.0 Å². The fourth-order valence-electron chi connectivity index (χ4n) is 3.45. The summed E-state index contributed by atoms with van der Waals surface area (Å²) in [6.45, 7) is 3.76. The highest BCUT2D eigenvalue weighted by atomic mass is 16.5. The molecule has 1 aliphatic rings. The summed E-state index contributed by atoms with van der Waals surface area (Å²) < 4.78 is 5.20. The third-order valence-corrected chi connectivity index (χ3v) is 4.78. The zero-order valence-corrected chi connectivity index (χ0v) is 15.7. The van der Waals surface area contributed by atoms with E-state index in [-0.39, 0.29) is 23.9 Å². The maximum Gasteiger partial charge on any atom is 0.267 e. The second-order valence-corrected chi connectivity index (χ2v) is 6.68. The van der Waals surface area contributed by atoms with E-state index in [0.717, 1.165) is 11.3 Å². The van der Waals surface area contributed by atoms with Gasteiger partial charge in [0.25, 0.3) is 5.91 Å². The van der Waals surface area contributed by atoms with Crippen LogP contribution in [0.4, 0.5) is 0 Å². The monoisotopic (exact) mass is 370 g/mol. The number of nitrogens with zero attached hydrogens (tertiary/aromatic N) is 1. The number of likely N-dealkylation sites (N-methyl/N-ethyl adjacent to an activating group) is 1. The van der Waals surface area contributed by atoms with Gasteiger partial charge in [-0.3, -0.25) is 14.5 Å². The van der Waals surface area contributed by atoms with E-state index < -0.39 is 0 Å². The molecule has 27 heavy (non-hydrogen) atoms. The predicted molar refractivity (Wildman–Crippen MR) is 103 cm³/mol. The molecule has 3 N–H and O–H groups in total. The van der Waals surface area contributed by atoms with E-state index in [9.17, 15) is 9.59 Å². The van der Waals surface area contributed by atoms with Crippen LogP contribution in [0.1, 0.15) is 29.4 Å². The quantitative estimate of drug-likeness (QED) is 0.690. The molecule has 1 fully saturated rings. The first-order valence-electron chi connectivity index (χ1n) is 9.19.